The summed E-state index contributed by atoms with van der Waals surface area (Å²) in [6.07, 6.45) is 4.76. The smallest absolute Gasteiger partial charge is 0.224 e. The maximum Gasteiger partial charge on any atom is 0.224 e. The van der Waals surface area contributed by atoms with Gasteiger partial charge in [0.1, 0.15) is 0 Å². The van der Waals surface area contributed by atoms with E-state index in [9.17, 15) is 4.79 Å². The van der Waals surface area contributed by atoms with Crippen LogP contribution in [0.5, 0.6) is 0 Å². The summed E-state index contributed by atoms with van der Waals surface area (Å²) in [5, 5.41) is 0. The molecule has 0 bridgehead atoms. The molecule has 24 heavy (non-hydrogen) atoms. The zero-order valence-electron chi connectivity index (χ0n) is 14.9. The number of likely N-dealkylation sites (tertiary alicyclic amines) is 1. The molecule has 0 radical (unpaired) electrons. The van der Waals surface area contributed by atoms with Crippen molar-refractivity contribution in [1.82, 2.24) is 9.88 Å². The number of ether oxygens (including phenoxy) is 1. The van der Waals surface area contributed by atoms with Gasteiger partial charge in [0.15, 0.2) is 0 Å². The summed E-state index contributed by atoms with van der Waals surface area (Å²) >= 11 is 0. The lowest BCUT2D eigenvalue weighted by atomic mass is 9.92. The molecule has 0 saturated carbocycles. The number of hydrogen-bond acceptors (Lipinski definition) is 4. The van der Waals surface area contributed by atoms with Crippen molar-refractivity contribution in [1.29, 1.82) is 0 Å². The standard InChI is InChI=1S/C19H29N3O2/c1-3-24-11-7-19(23)22-13-16-5-9-21(10-6-17(16)14-22)18-4-8-20-15(2)12-18/h4,8,12,16-17H,3,5-7,9-11,13-14H2,1-2H3/t16-,17+. The van der Waals surface area contributed by atoms with E-state index in [0.29, 0.717) is 31.5 Å². The molecule has 1 aromatic heterocycles. The Morgan fingerprint density at radius 1 is 1.29 bits per heavy atom. The first kappa shape index (κ1) is 17.2. The number of pyridine rings is 1. The molecule has 132 valence electrons. The molecule has 2 fully saturated rings. The Bertz CT molecular complexity index is 547. The van der Waals surface area contributed by atoms with E-state index in [1.807, 2.05) is 20.0 Å². The molecule has 0 unspecified atom stereocenters. The third-order valence-corrected chi connectivity index (χ3v) is 5.38. The minimum atomic E-state index is 0.262. The number of carbonyl (C=O) groups is 1. The van der Waals surface area contributed by atoms with Gasteiger partial charge in [-0.2, -0.15) is 0 Å². The highest BCUT2D eigenvalue weighted by Gasteiger charge is 2.36. The molecule has 1 amide bonds. The van der Waals surface area contributed by atoms with Crippen LogP contribution in [0.3, 0.4) is 0 Å². The van der Waals surface area contributed by atoms with Crippen molar-refractivity contribution in [2.75, 3.05) is 44.3 Å². The van der Waals surface area contributed by atoms with Crippen molar-refractivity contribution in [3.63, 3.8) is 0 Å². The highest BCUT2D eigenvalue weighted by molar-refractivity contribution is 5.76. The zero-order chi connectivity index (χ0) is 16.9. The number of nitrogens with zero attached hydrogens (tertiary/aromatic N) is 3. The second-order valence-corrected chi connectivity index (χ2v) is 6.99. The van der Waals surface area contributed by atoms with Crippen LogP contribution in [0.2, 0.25) is 0 Å². The van der Waals surface area contributed by atoms with Gasteiger partial charge in [-0.3, -0.25) is 9.78 Å². The highest BCUT2D eigenvalue weighted by atomic mass is 16.5. The van der Waals surface area contributed by atoms with E-state index >= 15 is 0 Å². The van der Waals surface area contributed by atoms with Gasteiger partial charge in [-0.25, -0.2) is 0 Å². The van der Waals surface area contributed by atoms with Crippen molar-refractivity contribution >= 4 is 11.6 Å². The average Bonchev–Trinajstić information content (AvgIpc) is 2.88. The molecule has 3 rings (SSSR count). The Balaban J connectivity index is 1.53. The van der Waals surface area contributed by atoms with Gasteiger partial charge in [0.05, 0.1) is 13.0 Å². The van der Waals surface area contributed by atoms with Gasteiger partial charge in [0, 0.05) is 50.4 Å². The fourth-order valence-corrected chi connectivity index (χ4v) is 4.00. The van der Waals surface area contributed by atoms with Crippen LogP contribution in [-0.4, -0.2) is 55.2 Å². The highest BCUT2D eigenvalue weighted by Crippen LogP contribution is 2.33. The number of fused-ring (bicyclic) bond motifs is 1. The number of anilines is 1. The Labute approximate surface area is 145 Å². The Hall–Kier alpha value is -1.62. The molecule has 5 heteroatoms. The normalized spacial score (nSPS) is 23.9. The van der Waals surface area contributed by atoms with Gasteiger partial charge in [-0.05, 0) is 50.7 Å². The number of amides is 1. The SMILES string of the molecule is CCOCCC(=O)N1C[C@H]2CCN(c3ccnc(C)c3)CC[C@H]2C1. The third-order valence-electron chi connectivity index (χ3n) is 5.38. The van der Waals surface area contributed by atoms with Crippen LogP contribution in [0, 0.1) is 18.8 Å². The van der Waals surface area contributed by atoms with Crippen LogP contribution in [0.1, 0.15) is 31.9 Å². The van der Waals surface area contributed by atoms with Gasteiger partial charge in [-0.1, -0.05) is 0 Å². The van der Waals surface area contributed by atoms with Gasteiger partial charge in [0.25, 0.3) is 0 Å². The molecule has 0 aliphatic carbocycles. The Kier molecular flexibility index (Phi) is 5.72. The lowest BCUT2D eigenvalue weighted by Crippen LogP contribution is -2.31. The Morgan fingerprint density at radius 3 is 2.62 bits per heavy atom. The molecule has 0 aromatic carbocycles. The summed E-state index contributed by atoms with van der Waals surface area (Å²) in [5.74, 6) is 1.56. The van der Waals surface area contributed by atoms with E-state index < -0.39 is 0 Å². The molecule has 0 spiro atoms. The number of aromatic nitrogens is 1. The van der Waals surface area contributed by atoms with Crippen molar-refractivity contribution in [3.8, 4) is 0 Å². The van der Waals surface area contributed by atoms with E-state index in [0.717, 1.165) is 31.9 Å². The van der Waals surface area contributed by atoms with Crippen LogP contribution in [0.4, 0.5) is 5.69 Å². The fourth-order valence-electron chi connectivity index (χ4n) is 4.00. The van der Waals surface area contributed by atoms with Crippen LogP contribution < -0.4 is 4.90 Å². The summed E-state index contributed by atoms with van der Waals surface area (Å²) < 4.78 is 5.32. The molecule has 3 heterocycles. The maximum atomic E-state index is 12.3. The predicted octanol–water partition coefficient (Wildman–Crippen LogP) is 2.49. The van der Waals surface area contributed by atoms with Gasteiger partial charge >= 0.3 is 0 Å². The van der Waals surface area contributed by atoms with E-state index in [1.165, 1.54) is 18.5 Å². The first-order chi connectivity index (χ1) is 11.7. The van der Waals surface area contributed by atoms with Gasteiger partial charge in [-0.15, -0.1) is 0 Å². The summed E-state index contributed by atoms with van der Waals surface area (Å²) in [5.41, 5.74) is 2.36. The van der Waals surface area contributed by atoms with Crippen molar-refractivity contribution in [2.24, 2.45) is 11.8 Å². The van der Waals surface area contributed by atoms with Crippen molar-refractivity contribution < 1.29 is 9.53 Å². The lowest BCUT2D eigenvalue weighted by Gasteiger charge is -2.24. The molecule has 0 N–H and O–H groups in total. The minimum absolute atomic E-state index is 0.262. The number of hydrogen-bond donors (Lipinski definition) is 0. The summed E-state index contributed by atoms with van der Waals surface area (Å²) in [4.78, 5) is 21.1. The quantitative estimate of drug-likeness (QED) is 0.778. The van der Waals surface area contributed by atoms with Crippen molar-refractivity contribution in [3.05, 3.63) is 24.0 Å². The van der Waals surface area contributed by atoms with Crippen molar-refractivity contribution in [2.45, 2.75) is 33.1 Å². The second kappa shape index (κ2) is 7.97. The first-order valence-corrected chi connectivity index (χ1v) is 9.20. The lowest BCUT2D eigenvalue weighted by molar-refractivity contribution is -0.131. The van der Waals surface area contributed by atoms with Crippen LogP contribution in [0.25, 0.3) is 0 Å². The summed E-state index contributed by atoms with van der Waals surface area (Å²) in [6, 6.07) is 4.28. The molecule has 2 aliphatic rings. The summed E-state index contributed by atoms with van der Waals surface area (Å²) in [7, 11) is 0. The van der Waals surface area contributed by atoms with Gasteiger partial charge in [0.2, 0.25) is 5.91 Å². The van der Waals surface area contributed by atoms with E-state index in [2.05, 4.69) is 26.9 Å². The number of rotatable bonds is 5. The van der Waals surface area contributed by atoms with Crippen LogP contribution in [0.15, 0.2) is 18.3 Å². The van der Waals surface area contributed by atoms with E-state index in [4.69, 9.17) is 4.74 Å². The van der Waals surface area contributed by atoms with Gasteiger partial charge < -0.3 is 14.5 Å². The largest absolute Gasteiger partial charge is 0.381 e. The topological polar surface area (TPSA) is 45.7 Å². The number of carbonyl (C=O) groups excluding carboxylic acids is 1. The van der Waals surface area contributed by atoms with E-state index in [-0.39, 0.29) is 5.91 Å². The number of aryl methyl sites for hydroxylation is 1. The molecule has 1 aromatic rings. The predicted molar refractivity (Wildman–Crippen MR) is 95.1 cm³/mol. The summed E-state index contributed by atoms with van der Waals surface area (Å²) in [6.45, 7) is 9.25. The van der Waals surface area contributed by atoms with Crippen LogP contribution >= 0.6 is 0 Å². The first-order valence-electron chi connectivity index (χ1n) is 9.20. The zero-order valence-corrected chi connectivity index (χ0v) is 14.9. The molecule has 5 nitrogen and oxygen atoms in total. The second-order valence-electron chi connectivity index (χ2n) is 6.99. The third kappa shape index (κ3) is 4.07. The molecule has 2 saturated heterocycles. The monoisotopic (exact) mass is 331 g/mol. The minimum Gasteiger partial charge on any atom is -0.381 e. The molecular weight excluding hydrogens is 302 g/mol. The molecular formula is C19H29N3O2. The molecule has 2 aliphatic heterocycles. The van der Waals surface area contributed by atoms with Crippen LogP contribution in [-0.2, 0) is 9.53 Å². The average molecular weight is 331 g/mol. The Morgan fingerprint density at radius 2 is 2.00 bits per heavy atom. The molecule has 2 atom stereocenters. The maximum absolute atomic E-state index is 12.3. The van der Waals surface area contributed by atoms with E-state index in [1.54, 1.807) is 0 Å². The fraction of sp³-hybridized carbons (Fsp3) is 0.684.